The Morgan fingerprint density at radius 2 is 1.93 bits per heavy atom. The summed E-state index contributed by atoms with van der Waals surface area (Å²) in [6, 6.07) is 14.3. The first-order valence-electron chi connectivity index (χ1n) is 8.43. The SMILES string of the molecule is COC(=O)c1cccc(NC(=O)CCc2nnc(-c3ccccc3C)o2)c1. The van der Waals surface area contributed by atoms with E-state index in [1.807, 2.05) is 31.2 Å². The van der Waals surface area contributed by atoms with Gasteiger partial charge in [0.15, 0.2) is 0 Å². The molecule has 0 aliphatic rings. The second kappa shape index (κ2) is 8.27. The molecular formula is C20H19N3O4. The van der Waals surface area contributed by atoms with Gasteiger partial charge in [0.1, 0.15) is 0 Å². The summed E-state index contributed by atoms with van der Waals surface area (Å²) < 4.78 is 10.3. The van der Waals surface area contributed by atoms with Gasteiger partial charge in [0.25, 0.3) is 0 Å². The van der Waals surface area contributed by atoms with E-state index < -0.39 is 5.97 Å². The number of anilines is 1. The van der Waals surface area contributed by atoms with E-state index in [1.165, 1.54) is 7.11 Å². The highest BCUT2D eigenvalue weighted by molar-refractivity contribution is 5.94. The van der Waals surface area contributed by atoms with Crippen molar-refractivity contribution in [3.63, 3.8) is 0 Å². The van der Waals surface area contributed by atoms with Crippen LogP contribution in [-0.2, 0) is 16.0 Å². The molecule has 2 aromatic carbocycles. The van der Waals surface area contributed by atoms with Gasteiger partial charge in [-0.3, -0.25) is 4.79 Å². The van der Waals surface area contributed by atoms with Crippen molar-refractivity contribution in [2.45, 2.75) is 19.8 Å². The van der Waals surface area contributed by atoms with Crippen LogP contribution in [0, 0.1) is 6.92 Å². The number of esters is 1. The third-order valence-electron chi connectivity index (χ3n) is 3.98. The lowest BCUT2D eigenvalue weighted by atomic mass is 10.1. The van der Waals surface area contributed by atoms with E-state index in [2.05, 4.69) is 20.3 Å². The third-order valence-corrected chi connectivity index (χ3v) is 3.98. The zero-order valence-electron chi connectivity index (χ0n) is 15.1. The Balaban J connectivity index is 1.59. The zero-order chi connectivity index (χ0) is 19.2. The van der Waals surface area contributed by atoms with Gasteiger partial charge in [-0.2, -0.15) is 0 Å². The van der Waals surface area contributed by atoms with Crippen LogP contribution in [0.25, 0.3) is 11.5 Å². The van der Waals surface area contributed by atoms with E-state index in [4.69, 9.17) is 4.42 Å². The summed E-state index contributed by atoms with van der Waals surface area (Å²) in [4.78, 5) is 23.7. The van der Waals surface area contributed by atoms with Crippen LogP contribution in [0.2, 0.25) is 0 Å². The number of nitrogens with one attached hydrogen (secondary N) is 1. The maximum absolute atomic E-state index is 12.2. The van der Waals surface area contributed by atoms with Gasteiger partial charge in [-0.15, -0.1) is 10.2 Å². The van der Waals surface area contributed by atoms with E-state index in [0.29, 0.717) is 29.5 Å². The summed E-state index contributed by atoms with van der Waals surface area (Å²) in [5.41, 5.74) is 2.81. The second-order valence-corrected chi connectivity index (χ2v) is 5.94. The van der Waals surface area contributed by atoms with Crippen LogP contribution < -0.4 is 5.32 Å². The number of methoxy groups -OCH3 is 1. The van der Waals surface area contributed by atoms with Gasteiger partial charge in [-0.05, 0) is 36.8 Å². The summed E-state index contributed by atoms with van der Waals surface area (Å²) >= 11 is 0. The molecule has 0 bridgehead atoms. The van der Waals surface area contributed by atoms with Crippen LogP contribution in [-0.4, -0.2) is 29.2 Å². The number of carbonyl (C=O) groups is 2. The van der Waals surface area contributed by atoms with Crippen LogP contribution in [0.4, 0.5) is 5.69 Å². The van der Waals surface area contributed by atoms with Crippen LogP contribution in [0.5, 0.6) is 0 Å². The highest BCUT2D eigenvalue weighted by atomic mass is 16.5. The average Bonchev–Trinajstić information content (AvgIpc) is 3.15. The molecule has 1 N–H and O–H groups in total. The second-order valence-electron chi connectivity index (χ2n) is 5.94. The number of ether oxygens (including phenoxy) is 1. The Morgan fingerprint density at radius 1 is 1.11 bits per heavy atom. The fourth-order valence-corrected chi connectivity index (χ4v) is 2.56. The minimum Gasteiger partial charge on any atom is -0.465 e. The largest absolute Gasteiger partial charge is 0.465 e. The van der Waals surface area contributed by atoms with Gasteiger partial charge in [0.05, 0.1) is 12.7 Å². The lowest BCUT2D eigenvalue weighted by Crippen LogP contribution is -2.13. The quantitative estimate of drug-likeness (QED) is 0.673. The van der Waals surface area contributed by atoms with Gasteiger partial charge >= 0.3 is 5.97 Å². The molecule has 1 aromatic heterocycles. The van der Waals surface area contributed by atoms with Crippen molar-refractivity contribution < 1.29 is 18.7 Å². The van der Waals surface area contributed by atoms with E-state index in [1.54, 1.807) is 24.3 Å². The summed E-state index contributed by atoms with van der Waals surface area (Å²) in [7, 11) is 1.31. The van der Waals surface area contributed by atoms with Gasteiger partial charge in [0, 0.05) is 24.1 Å². The number of aryl methyl sites for hydroxylation is 2. The van der Waals surface area contributed by atoms with Crippen molar-refractivity contribution in [2.75, 3.05) is 12.4 Å². The zero-order valence-corrected chi connectivity index (χ0v) is 15.1. The van der Waals surface area contributed by atoms with Crippen molar-refractivity contribution in [1.82, 2.24) is 10.2 Å². The molecule has 7 heteroatoms. The fourth-order valence-electron chi connectivity index (χ4n) is 2.56. The first-order valence-corrected chi connectivity index (χ1v) is 8.43. The van der Waals surface area contributed by atoms with Crippen molar-refractivity contribution in [1.29, 1.82) is 0 Å². The summed E-state index contributed by atoms with van der Waals surface area (Å²) in [6.45, 7) is 1.97. The summed E-state index contributed by atoms with van der Waals surface area (Å²) in [5, 5.41) is 10.8. The van der Waals surface area contributed by atoms with E-state index in [0.717, 1.165) is 11.1 Å². The molecule has 0 saturated heterocycles. The maximum atomic E-state index is 12.2. The molecule has 0 spiro atoms. The molecule has 3 aromatic rings. The van der Waals surface area contributed by atoms with Crippen molar-refractivity contribution in [3.8, 4) is 11.5 Å². The molecule has 1 amide bonds. The Kier molecular flexibility index (Phi) is 5.61. The molecule has 0 fully saturated rings. The fraction of sp³-hybridized carbons (Fsp3) is 0.200. The summed E-state index contributed by atoms with van der Waals surface area (Å²) in [6.07, 6.45) is 0.499. The number of rotatable bonds is 6. The Labute approximate surface area is 156 Å². The molecule has 0 aliphatic heterocycles. The number of benzene rings is 2. The van der Waals surface area contributed by atoms with Crippen LogP contribution in [0.3, 0.4) is 0 Å². The Hall–Kier alpha value is -3.48. The normalized spacial score (nSPS) is 10.4. The minimum absolute atomic E-state index is 0.178. The molecule has 138 valence electrons. The lowest BCUT2D eigenvalue weighted by molar-refractivity contribution is -0.116. The number of nitrogens with zero attached hydrogens (tertiary/aromatic N) is 2. The number of hydrogen-bond acceptors (Lipinski definition) is 6. The van der Waals surface area contributed by atoms with Crippen molar-refractivity contribution >= 4 is 17.6 Å². The van der Waals surface area contributed by atoms with Gasteiger partial charge in [-0.1, -0.05) is 24.3 Å². The Bertz CT molecular complexity index is 965. The van der Waals surface area contributed by atoms with Crippen LogP contribution in [0.15, 0.2) is 52.9 Å². The molecule has 1 heterocycles. The van der Waals surface area contributed by atoms with Crippen molar-refractivity contribution in [2.24, 2.45) is 0 Å². The molecule has 7 nitrogen and oxygen atoms in total. The predicted octanol–water partition coefficient (Wildman–Crippen LogP) is 3.40. The van der Waals surface area contributed by atoms with Gasteiger partial charge < -0.3 is 14.5 Å². The van der Waals surface area contributed by atoms with Gasteiger partial charge in [0.2, 0.25) is 17.7 Å². The predicted molar refractivity (Wildman–Crippen MR) is 99.2 cm³/mol. The van der Waals surface area contributed by atoms with Gasteiger partial charge in [-0.25, -0.2) is 4.79 Å². The molecule has 27 heavy (non-hydrogen) atoms. The maximum Gasteiger partial charge on any atom is 0.337 e. The van der Waals surface area contributed by atoms with E-state index >= 15 is 0 Å². The van der Waals surface area contributed by atoms with Crippen molar-refractivity contribution in [3.05, 3.63) is 65.5 Å². The highest BCUT2D eigenvalue weighted by Crippen LogP contribution is 2.22. The molecule has 0 atom stereocenters. The molecular weight excluding hydrogens is 346 g/mol. The molecule has 0 aliphatic carbocycles. The lowest BCUT2D eigenvalue weighted by Gasteiger charge is -2.06. The third kappa shape index (κ3) is 4.58. The topological polar surface area (TPSA) is 94.3 Å². The smallest absolute Gasteiger partial charge is 0.337 e. The number of hydrogen-bond donors (Lipinski definition) is 1. The number of aromatic nitrogens is 2. The Morgan fingerprint density at radius 3 is 2.70 bits per heavy atom. The molecule has 0 unspecified atom stereocenters. The molecule has 3 rings (SSSR count). The summed E-state index contributed by atoms with van der Waals surface area (Å²) in [5.74, 6) is 0.161. The first kappa shape index (κ1) is 18.3. The van der Waals surface area contributed by atoms with E-state index in [9.17, 15) is 9.59 Å². The minimum atomic E-state index is -0.458. The number of carbonyl (C=O) groups excluding carboxylic acids is 2. The van der Waals surface area contributed by atoms with Crippen LogP contribution in [0.1, 0.15) is 28.2 Å². The standard InChI is InChI=1S/C20H19N3O4/c1-13-6-3-4-9-16(13)19-23-22-18(27-19)11-10-17(24)21-15-8-5-7-14(12-15)20(25)26-2/h3-9,12H,10-11H2,1-2H3,(H,21,24). The molecule has 0 saturated carbocycles. The number of amides is 1. The monoisotopic (exact) mass is 365 g/mol. The highest BCUT2D eigenvalue weighted by Gasteiger charge is 2.13. The van der Waals surface area contributed by atoms with E-state index in [-0.39, 0.29) is 12.3 Å². The first-order chi connectivity index (χ1) is 13.1. The molecule has 0 radical (unpaired) electrons. The average molecular weight is 365 g/mol. The van der Waals surface area contributed by atoms with Crippen LogP contribution >= 0.6 is 0 Å².